The van der Waals surface area contributed by atoms with E-state index in [1.165, 1.54) is 7.11 Å². The van der Waals surface area contributed by atoms with Crippen molar-refractivity contribution in [2.75, 3.05) is 20.3 Å². The van der Waals surface area contributed by atoms with Gasteiger partial charge in [0.1, 0.15) is 6.67 Å². The molecular weight excluding hydrogens is 333 g/mol. The zero-order chi connectivity index (χ0) is 18.1. The fraction of sp³-hybridized carbons (Fsp3) is 0.476. The summed E-state index contributed by atoms with van der Waals surface area (Å²) in [5, 5.41) is 0. The average molecular weight is 357 g/mol. The molecule has 2 saturated heterocycles. The lowest BCUT2D eigenvalue weighted by molar-refractivity contribution is -0.150. The summed E-state index contributed by atoms with van der Waals surface area (Å²) in [6.45, 7) is 0.0416. The van der Waals surface area contributed by atoms with E-state index in [0.717, 1.165) is 36.0 Å². The lowest BCUT2D eigenvalue weighted by Crippen LogP contribution is -2.51. The van der Waals surface area contributed by atoms with E-state index >= 15 is 0 Å². The van der Waals surface area contributed by atoms with Crippen LogP contribution in [0.25, 0.3) is 11.1 Å². The van der Waals surface area contributed by atoms with Gasteiger partial charge in [-0.15, -0.1) is 0 Å². The Morgan fingerprint density at radius 2 is 2.04 bits per heavy atom. The third-order valence-corrected chi connectivity index (χ3v) is 6.07. The fourth-order valence-corrected chi connectivity index (χ4v) is 4.91. The quantitative estimate of drug-likeness (QED) is 0.758. The van der Waals surface area contributed by atoms with Crippen molar-refractivity contribution in [2.45, 2.75) is 37.3 Å². The Kier molecular flexibility index (Phi) is 4.81. The SMILES string of the molecule is COC(=O)[C@H]1[C@@H](c2ccc(-c3ccoc3)cc2)C[C@@H]2CC[C@H]1N2CCF. The van der Waals surface area contributed by atoms with Crippen LogP contribution in [0, 0.1) is 5.92 Å². The molecule has 4 atom stereocenters. The molecule has 2 bridgehead atoms. The summed E-state index contributed by atoms with van der Waals surface area (Å²) in [6, 6.07) is 10.7. The number of rotatable bonds is 5. The van der Waals surface area contributed by atoms with E-state index in [4.69, 9.17) is 9.15 Å². The molecule has 138 valence electrons. The van der Waals surface area contributed by atoms with Crippen molar-refractivity contribution in [3.05, 3.63) is 48.4 Å². The van der Waals surface area contributed by atoms with E-state index in [2.05, 4.69) is 29.2 Å². The average Bonchev–Trinajstić information content (AvgIpc) is 3.29. The Morgan fingerprint density at radius 3 is 2.69 bits per heavy atom. The number of benzene rings is 1. The largest absolute Gasteiger partial charge is 0.472 e. The van der Waals surface area contributed by atoms with Crippen molar-refractivity contribution in [2.24, 2.45) is 5.92 Å². The predicted octanol–water partition coefficient (Wildman–Crippen LogP) is 4.03. The summed E-state index contributed by atoms with van der Waals surface area (Å²) in [7, 11) is 1.45. The molecule has 2 aromatic rings. The van der Waals surface area contributed by atoms with Gasteiger partial charge in [-0.25, -0.2) is 4.39 Å². The lowest BCUT2D eigenvalue weighted by Gasteiger charge is -2.43. The number of furan rings is 1. The number of esters is 1. The van der Waals surface area contributed by atoms with Crippen LogP contribution in [0.2, 0.25) is 0 Å². The smallest absolute Gasteiger partial charge is 0.310 e. The van der Waals surface area contributed by atoms with E-state index in [1.54, 1.807) is 12.5 Å². The molecule has 0 amide bonds. The molecule has 4 rings (SSSR count). The number of methoxy groups -OCH3 is 1. The first-order valence-corrected chi connectivity index (χ1v) is 9.25. The van der Waals surface area contributed by atoms with Crippen LogP contribution in [0.4, 0.5) is 4.39 Å². The zero-order valence-electron chi connectivity index (χ0n) is 14.9. The fourth-order valence-electron chi connectivity index (χ4n) is 4.91. The van der Waals surface area contributed by atoms with Gasteiger partial charge in [0.2, 0.25) is 0 Å². The van der Waals surface area contributed by atoms with Gasteiger partial charge in [0.25, 0.3) is 0 Å². The lowest BCUT2D eigenvalue weighted by atomic mass is 9.75. The number of nitrogens with zero attached hydrogens (tertiary/aromatic N) is 1. The molecule has 0 radical (unpaired) electrons. The van der Waals surface area contributed by atoms with Crippen LogP contribution in [0.3, 0.4) is 0 Å². The minimum absolute atomic E-state index is 0.0792. The summed E-state index contributed by atoms with van der Waals surface area (Å²) in [5.74, 6) is -0.289. The van der Waals surface area contributed by atoms with Crippen LogP contribution in [0.5, 0.6) is 0 Å². The summed E-state index contributed by atoms with van der Waals surface area (Å²) >= 11 is 0. The number of hydrogen-bond acceptors (Lipinski definition) is 4. The molecule has 0 unspecified atom stereocenters. The molecule has 1 aromatic carbocycles. The summed E-state index contributed by atoms with van der Waals surface area (Å²) < 4.78 is 23.3. The van der Waals surface area contributed by atoms with Gasteiger partial charge in [-0.2, -0.15) is 0 Å². The highest BCUT2D eigenvalue weighted by Crippen LogP contribution is 2.47. The third kappa shape index (κ3) is 2.94. The van der Waals surface area contributed by atoms with Gasteiger partial charge in [-0.1, -0.05) is 24.3 Å². The van der Waals surface area contributed by atoms with E-state index in [1.807, 2.05) is 6.07 Å². The van der Waals surface area contributed by atoms with Gasteiger partial charge in [-0.05, 0) is 36.5 Å². The summed E-state index contributed by atoms with van der Waals surface area (Å²) in [5.41, 5.74) is 3.29. The Bertz CT molecular complexity index is 743. The number of halogens is 1. The molecule has 2 aliphatic rings. The number of hydrogen-bond donors (Lipinski definition) is 0. The molecule has 3 heterocycles. The number of carbonyl (C=O) groups is 1. The van der Waals surface area contributed by atoms with E-state index in [-0.39, 0.29) is 30.5 Å². The van der Waals surface area contributed by atoms with Gasteiger partial charge in [-0.3, -0.25) is 9.69 Å². The summed E-state index contributed by atoms with van der Waals surface area (Å²) in [4.78, 5) is 14.8. The second kappa shape index (κ2) is 7.23. The number of ether oxygens (including phenoxy) is 1. The van der Waals surface area contributed by atoms with Gasteiger partial charge in [0, 0.05) is 30.1 Å². The van der Waals surface area contributed by atoms with Crippen LogP contribution < -0.4 is 0 Å². The van der Waals surface area contributed by atoms with Crippen molar-refractivity contribution in [3.8, 4) is 11.1 Å². The first-order chi connectivity index (χ1) is 12.7. The monoisotopic (exact) mass is 357 g/mol. The molecule has 0 N–H and O–H groups in total. The van der Waals surface area contributed by atoms with Crippen LogP contribution in [-0.4, -0.2) is 43.3 Å². The number of fused-ring (bicyclic) bond motifs is 2. The molecule has 1 aromatic heterocycles. The molecule has 0 saturated carbocycles. The van der Waals surface area contributed by atoms with Gasteiger partial charge in [0.15, 0.2) is 0 Å². The Balaban J connectivity index is 1.63. The molecule has 26 heavy (non-hydrogen) atoms. The highest BCUT2D eigenvalue weighted by atomic mass is 19.1. The molecule has 2 fully saturated rings. The second-order valence-corrected chi connectivity index (χ2v) is 7.25. The van der Waals surface area contributed by atoms with E-state index < -0.39 is 0 Å². The maximum absolute atomic E-state index is 13.0. The van der Waals surface area contributed by atoms with Gasteiger partial charge in [0.05, 0.1) is 25.6 Å². The number of alkyl halides is 1. The van der Waals surface area contributed by atoms with Crippen LogP contribution in [-0.2, 0) is 9.53 Å². The molecule has 0 spiro atoms. The maximum Gasteiger partial charge on any atom is 0.310 e. The van der Waals surface area contributed by atoms with E-state index in [9.17, 15) is 9.18 Å². The minimum atomic E-state index is -0.370. The third-order valence-electron chi connectivity index (χ3n) is 6.07. The Labute approximate surface area is 152 Å². The van der Waals surface area contributed by atoms with Crippen LogP contribution in [0.1, 0.15) is 30.7 Å². The second-order valence-electron chi connectivity index (χ2n) is 7.25. The number of carbonyl (C=O) groups excluding carboxylic acids is 1. The van der Waals surface area contributed by atoms with Crippen molar-refractivity contribution in [1.29, 1.82) is 0 Å². The van der Waals surface area contributed by atoms with Crippen molar-refractivity contribution in [1.82, 2.24) is 4.90 Å². The molecule has 5 heteroatoms. The van der Waals surface area contributed by atoms with Crippen molar-refractivity contribution >= 4 is 5.97 Å². The topological polar surface area (TPSA) is 42.7 Å². The number of piperidine rings is 1. The van der Waals surface area contributed by atoms with Gasteiger partial charge >= 0.3 is 5.97 Å². The normalized spacial score (nSPS) is 28.2. The predicted molar refractivity (Wildman–Crippen MR) is 96.5 cm³/mol. The Hall–Kier alpha value is -2.14. The van der Waals surface area contributed by atoms with E-state index in [0.29, 0.717) is 12.6 Å². The highest BCUT2D eigenvalue weighted by molar-refractivity contribution is 5.75. The first kappa shape index (κ1) is 17.3. The van der Waals surface area contributed by atoms with Crippen molar-refractivity contribution in [3.63, 3.8) is 0 Å². The van der Waals surface area contributed by atoms with Gasteiger partial charge < -0.3 is 9.15 Å². The molecule has 2 aliphatic heterocycles. The standard InChI is InChI=1S/C21H24FNO3/c1-25-21(24)20-18(12-17-6-7-19(20)23(17)10-9-22)15-4-2-14(3-5-15)16-8-11-26-13-16/h2-5,8,11,13,17-20H,6-7,9-10,12H2,1H3/t17-,18+,19+,20-/m0/s1. The Morgan fingerprint density at radius 1 is 1.23 bits per heavy atom. The van der Waals surface area contributed by atoms with Crippen LogP contribution >= 0.6 is 0 Å². The first-order valence-electron chi connectivity index (χ1n) is 9.25. The van der Waals surface area contributed by atoms with Crippen molar-refractivity contribution < 1.29 is 18.3 Å². The van der Waals surface area contributed by atoms with Crippen LogP contribution in [0.15, 0.2) is 47.3 Å². The highest BCUT2D eigenvalue weighted by Gasteiger charge is 2.50. The molecule has 4 nitrogen and oxygen atoms in total. The maximum atomic E-state index is 13.0. The molecular formula is C21H24FNO3. The zero-order valence-corrected chi connectivity index (χ0v) is 14.9. The summed E-state index contributed by atoms with van der Waals surface area (Å²) in [6.07, 6.45) is 6.23. The minimum Gasteiger partial charge on any atom is -0.472 e. The molecule has 0 aliphatic carbocycles.